The number of benzene rings is 2. The standard InChI is InChI=1S/C22H26Cl2N2O4S/c1-16-6-2-3-10-21(16)30-13-11-25-22(27)17-7-5-12-26(14-17)31(28,29)15-18-19(23)8-4-9-20(18)24/h2-4,6,8-10,17H,5,7,11-15H2,1H3,(H,25,27)/t17-/m0/s1. The molecule has 1 aliphatic heterocycles. The maximum absolute atomic E-state index is 12.9. The van der Waals surface area contributed by atoms with Crippen LogP contribution in [-0.4, -0.2) is 44.9 Å². The molecule has 31 heavy (non-hydrogen) atoms. The van der Waals surface area contributed by atoms with Crippen molar-refractivity contribution < 1.29 is 17.9 Å². The Bertz CT molecular complexity index is 1010. The van der Waals surface area contributed by atoms with Gasteiger partial charge in [-0.05, 0) is 43.5 Å². The van der Waals surface area contributed by atoms with E-state index in [9.17, 15) is 13.2 Å². The van der Waals surface area contributed by atoms with Gasteiger partial charge in [-0.15, -0.1) is 0 Å². The summed E-state index contributed by atoms with van der Waals surface area (Å²) in [5, 5.41) is 3.49. The van der Waals surface area contributed by atoms with Gasteiger partial charge in [0.05, 0.1) is 18.2 Å². The fourth-order valence-corrected chi connectivity index (χ4v) is 5.91. The highest BCUT2D eigenvalue weighted by Gasteiger charge is 2.33. The number of piperidine rings is 1. The maximum Gasteiger partial charge on any atom is 0.224 e. The first-order chi connectivity index (χ1) is 14.8. The number of rotatable bonds is 8. The largest absolute Gasteiger partial charge is 0.491 e. The first-order valence-corrected chi connectivity index (χ1v) is 12.5. The number of carbonyl (C=O) groups excluding carboxylic acids is 1. The fraction of sp³-hybridized carbons (Fsp3) is 0.409. The van der Waals surface area contributed by atoms with E-state index in [1.807, 2.05) is 31.2 Å². The number of sulfonamides is 1. The van der Waals surface area contributed by atoms with Gasteiger partial charge in [-0.3, -0.25) is 4.79 Å². The van der Waals surface area contributed by atoms with Crippen molar-refractivity contribution in [2.24, 2.45) is 5.92 Å². The third-order valence-electron chi connectivity index (χ3n) is 5.29. The summed E-state index contributed by atoms with van der Waals surface area (Å²) in [5.41, 5.74) is 1.41. The van der Waals surface area contributed by atoms with E-state index in [1.54, 1.807) is 18.2 Å². The molecule has 1 aliphatic rings. The highest BCUT2D eigenvalue weighted by Crippen LogP contribution is 2.29. The lowest BCUT2D eigenvalue weighted by atomic mass is 9.99. The van der Waals surface area contributed by atoms with Crippen LogP contribution in [0.5, 0.6) is 5.75 Å². The number of halogens is 2. The van der Waals surface area contributed by atoms with E-state index in [2.05, 4.69) is 5.32 Å². The summed E-state index contributed by atoms with van der Waals surface area (Å²) in [4.78, 5) is 12.6. The summed E-state index contributed by atoms with van der Waals surface area (Å²) in [6, 6.07) is 12.6. The smallest absolute Gasteiger partial charge is 0.224 e. The number of ether oxygens (including phenoxy) is 1. The second-order valence-corrected chi connectivity index (χ2v) is 10.3. The lowest BCUT2D eigenvalue weighted by molar-refractivity contribution is -0.126. The van der Waals surface area contributed by atoms with Crippen molar-refractivity contribution in [3.8, 4) is 5.75 Å². The van der Waals surface area contributed by atoms with E-state index in [4.69, 9.17) is 27.9 Å². The van der Waals surface area contributed by atoms with E-state index in [-0.39, 0.29) is 18.2 Å². The van der Waals surface area contributed by atoms with Crippen LogP contribution in [0.25, 0.3) is 0 Å². The molecule has 1 saturated heterocycles. The van der Waals surface area contributed by atoms with Crippen LogP contribution in [0.4, 0.5) is 0 Å². The molecule has 0 aliphatic carbocycles. The summed E-state index contributed by atoms with van der Waals surface area (Å²) >= 11 is 12.3. The van der Waals surface area contributed by atoms with Gasteiger partial charge in [-0.1, -0.05) is 47.5 Å². The summed E-state index contributed by atoms with van der Waals surface area (Å²) in [6.45, 7) is 3.18. The summed E-state index contributed by atoms with van der Waals surface area (Å²) in [7, 11) is -3.65. The maximum atomic E-state index is 12.9. The van der Waals surface area contributed by atoms with Gasteiger partial charge >= 0.3 is 0 Å². The minimum Gasteiger partial charge on any atom is -0.491 e. The van der Waals surface area contributed by atoms with E-state index < -0.39 is 15.9 Å². The number of nitrogens with one attached hydrogen (secondary N) is 1. The molecule has 1 fully saturated rings. The quantitative estimate of drug-likeness (QED) is 0.573. The molecule has 0 saturated carbocycles. The Morgan fingerprint density at radius 3 is 2.58 bits per heavy atom. The molecule has 1 N–H and O–H groups in total. The highest BCUT2D eigenvalue weighted by atomic mass is 35.5. The predicted octanol–water partition coefficient (Wildman–Crippen LogP) is 4.04. The lowest BCUT2D eigenvalue weighted by Crippen LogP contribution is -2.46. The minimum absolute atomic E-state index is 0.148. The van der Waals surface area contributed by atoms with Gasteiger partial charge < -0.3 is 10.1 Å². The number of amides is 1. The third kappa shape index (κ3) is 6.35. The molecule has 2 aromatic carbocycles. The first kappa shape index (κ1) is 23.9. The first-order valence-electron chi connectivity index (χ1n) is 10.1. The zero-order valence-corrected chi connectivity index (χ0v) is 19.6. The molecule has 0 bridgehead atoms. The molecule has 0 unspecified atom stereocenters. The number of hydrogen-bond donors (Lipinski definition) is 1. The van der Waals surface area contributed by atoms with Gasteiger partial charge in [-0.25, -0.2) is 12.7 Å². The molecule has 0 spiro atoms. The topological polar surface area (TPSA) is 75.7 Å². The van der Waals surface area contributed by atoms with Crippen molar-refractivity contribution in [2.75, 3.05) is 26.2 Å². The predicted molar refractivity (Wildman–Crippen MR) is 123 cm³/mol. The van der Waals surface area contributed by atoms with Gasteiger partial charge in [0.15, 0.2) is 0 Å². The molecule has 9 heteroatoms. The Labute approximate surface area is 193 Å². The molecular weight excluding hydrogens is 459 g/mol. The van der Waals surface area contributed by atoms with Crippen LogP contribution in [-0.2, 0) is 20.6 Å². The van der Waals surface area contributed by atoms with Crippen molar-refractivity contribution in [1.82, 2.24) is 9.62 Å². The van der Waals surface area contributed by atoms with Gasteiger partial charge in [0.2, 0.25) is 15.9 Å². The molecule has 3 rings (SSSR count). The van der Waals surface area contributed by atoms with Crippen LogP contribution in [0.3, 0.4) is 0 Å². The Hall–Kier alpha value is -1.80. The Balaban J connectivity index is 1.53. The third-order valence-corrected chi connectivity index (χ3v) is 7.77. The van der Waals surface area contributed by atoms with E-state index >= 15 is 0 Å². The number of para-hydroxylation sites is 1. The Morgan fingerprint density at radius 2 is 1.87 bits per heavy atom. The van der Waals surface area contributed by atoms with Crippen LogP contribution in [0, 0.1) is 12.8 Å². The van der Waals surface area contributed by atoms with Crippen molar-refractivity contribution in [3.05, 3.63) is 63.6 Å². The number of aryl methyl sites for hydroxylation is 1. The molecule has 1 amide bonds. The van der Waals surface area contributed by atoms with Crippen LogP contribution >= 0.6 is 23.2 Å². The molecular formula is C22H26Cl2N2O4S. The molecule has 6 nitrogen and oxygen atoms in total. The average Bonchev–Trinajstić information content (AvgIpc) is 2.75. The van der Waals surface area contributed by atoms with Gasteiger partial charge in [0.25, 0.3) is 0 Å². The Morgan fingerprint density at radius 1 is 1.16 bits per heavy atom. The van der Waals surface area contributed by atoms with E-state index in [0.717, 1.165) is 11.3 Å². The van der Waals surface area contributed by atoms with Crippen LogP contribution in [0.2, 0.25) is 10.0 Å². The summed E-state index contributed by atoms with van der Waals surface area (Å²) in [5.74, 6) is -0.0675. The number of nitrogens with zero attached hydrogens (tertiary/aromatic N) is 1. The van der Waals surface area contributed by atoms with Crippen LogP contribution in [0.1, 0.15) is 24.0 Å². The second-order valence-electron chi connectivity index (χ2n) is 7.56. The molecule has 1 atom stereocenters. The monoisotopic (exact) mass is 484 g/mol. The SMILES string of the molecule is Cc1ccccc1OCCNC(=O)[C@H]1CCCN(S(=O)(=O)Cc2c(Cl)cccc2Cl)C1. The number of hydrogen-bond acceptors (Lipinski definition) is 4. The minimum atomic E-state index is -3.65. The summed E-state index contributed by atoms with van der Waals surface area (Å²) in [6.07, 6.45) is 1.26. The van der Waals surface area contributed by atoms with E-state index in [1.165, 1.54) is 4.31 Å². The van der Waals surface area contributed by atoms with Gasteiger partial charge in [0.1, 0.15) is 12.4 Å². The van der Waals surface area contributed by atoms with Gasteiger partial charge in [-0.2, -0.15) is 0 Å². The van der Waals surface area contributed by atoms with Crippen LogP contribution < -0.4 is 10.1 Å². The molecule has 168 valence electrons. The molecule has 0 radical (unpaired) electrons. The summed E-state index contributed by atoms with van der Waals surface area (Å²) < 4.78 is 32.9. The zero-order chi connectivity index (χ0) is 22.4. The van der Waals surface area contributed by atoms with E-state index in [0.29, 0.717) is 48.1 Å². The Kier molecular flexibility index (Phi) is 8.22. The van der Waals surface area contributed by atoms with Crippen molar-refractivity contribution in [2.45, 2.75) is 25.5 Å². The number of carbonyl (C=O) groups is 1. The normalized spacial score (nSPS) is 17.3. The van der Waals surface area contributed by atoms with Crippen LogP contribution in [0.15, 0.2) is 42.5 Å². The highest BCUT2D eigenvalue weighted by molar-refractivity contribution is 7.88. The van der Waals surface area contributed by atoms with Crippen molar-refractivity contribution >= 4 is 39.1 Å². The average molecular weight is 485 g/mol. The second kappa shape index (κ2) is 10.7. The molecule has 2 aromatic rings. The zero-order valence-electron chi connectivity index (χ0n) is 17.3. The van der Waals surface area contributed by atoms with Crippen molar-refractivity contribution in [3.63, 3.8) is 0 Å². The van der Waals surface area contributed by atoms with Crippen molar-refractivity contribution in [1.29, 1.82) is 0 Å². The van der Waals surface area contributed by atoms with Gasteiger partial charge in [0, 0.05) is 28.7 Å². The fourth-order valence-electron chi connectivity index (χ4n) is 3.55. The lowest BCUT2D eigenvalue weighted by Gasteiger charge is -2.31. The molecule has 1 heterocycles. The molecule has 0 aromatic heterocycles.